The second-order valence-corrected chi connectivity index (χ2v) is 6.68. The first-order valence-corrected chi connectivity index (χ1v) is 8.24. The minimum atomic E-state index is -0.688. The Kier molecular flexibility index (Phi) is 6.19. The van der Waals surface area contributed by atoms with Crippen molar-refractivity contribution in [1.82, 2.24) is 0 Å². The number of carbonyl (C=O) groups excluding carboxylic acids is 2. The molecule has 9 nitrogen and oxygen atoms in total. The fourth-order valence-electron chi connectivity index (χ4n) is 2.15. The predicted octanol–water partition coefficient (Wildman–Crippen LogP) is 4.52. The number of nitrogens with zero attached hydrogens (tertiary/aromatic N) is 1. The molecule has 0 aliphatic carbocycles. The van der Waals surface area contributed by atoms with Crippen molar-refractivity contribution >= 4 is 23.4 Å². The third kappa shape index (κ3) is 5.70. The Labute approximate surface area is 161 Å². The second kappa shape index (κ2) is 8.38. The van der Waals surface area contributed by atoms with E-state index in [-0.39, 0.29) is 17.0 Å². The Hall–Kier alpha value is -3.62. The van der Waals surface area contributed by atoms with Gasteiger partial charge in [0.2, 0.25) is 5.75 Å². The molecule has 9 heteroatoms. The number of methoxy groups -OCH3 is 1. The molecule has 0 bridgehead atoms. The number of hydrogen-bond acceptors (Lipinski definition) is 7. The lowest BCUT2D eigenvalue weighted by molar-refractivity contribution is -0.385. The lowest BCUT2D eigenvalue weighted by Crippen LogP contribution is -2.27. The van der Waals surface area contributed by atoms with Gasteiger partial charge >= 0.3 is 17.7 Å². The molecule has 0 fully saturated rings. The van der Waals surface area contributed by atoms with E-state index in [0.29, 0.717) is 11.4 Å². The number of carbonyl (C=O) groups is 2. The van der Waals surface area contributed by atoms with Crippen molar-refractivity contribution in [3.63, 3.8) is 0 Å². The monoisotopic (exact) mass is 388 g/mol. The van der Waals surface area contributed by atoms with Crippen LogP contribution in [0.1, 0.15) is 31.1 Å². The Bertz CT molecular complexity index is 886. The molecule has 0 radical (unpaired) electrons. The topological polar surface area (TPSA) is 117 Å². The summed E-state index contributed by atoms with van der Waals surface area (Å²) >= 11 is 0. The predicted molar refractivity (Wildman–Crippen MR) is 101 cm³/mol. The van der Waals surface area contributed by atoms with Gasteiger partial charge in [0.1, 0.15) is 11.4 Å². The summed E-state index contributed by atoms with van der Waals surface area (Å²) < 4.78 is 15.3. The van der Waals surface area contributed by atoms with Gasteiger partial charge in [0, 0.05) is 11.8 Å². The molecule has 0 unspecified atom stereocenters. The smallest absolute Gasteiger partial charge is 0.412 e. The number of amides is 1. The van der Waals surface area contributed by atoms with Crippen LogP contribution in [0.2, 0.25) is 0 Å². The van der Waals surface area contributed by atoms with Crippen molar-refractivity contribution in [2.24, 2.45) is 0 Å². The quantitative estimate of drug-likeness (QED) is 0.454. The molecule has 0 saturated carbocycles. The van der Waals surface area contributed by atoms with Gasteiger partial charge in [0.25, 0.3) is 0 Å². The third-order valence-electron chi connectivity index (χ3n) is 3.30. The lowest BCUT2D eigenvalue weighted by atomic mass is 10.2. The SMILES string of the molecule is COC(=O)c1ccc(Oc2ccc(NC(=O)OC(C)(C)C)cc2)c([N+](=O)[O-])c1. The number of anilines is 1. The molecule has 0 aromatic heterocycles. The summed E-state index contributed by atoms with van der Waals surface area (Å²) in [4.78, 5) is 33.9. The van der Waals surface area contributed by atoms with Crippen molar-refractivity contribution in [2.45, 2.75) is 26.4 Å². The molecular weight excluding hydrogens is 368 g/mol. The zero-order chi connectivity index (χ0) is 20.9. The van der Waals surface area contributed by atoms with Gasteiger partial charge in [-0.3, -0.25) is 15.4 Å². The Morgan fingerprint density at radius 3 is 2.25 bits per heavy atom. The van der Waals surface area contributed by atoms with E-state index in [1.807, 2.05) is 0 Å². The van der Waals surface area contributed by atoms with Crippen LogP contribution in [0.4, 0.5) is 16.2 Å². The molecule has 2 aromatic rings. The van der Waals surface area contributed by atoms with E-state index in [1.54, 1.807) is 32.9 Å². The van der Waals surface area contributed by atoms with Crippen LogP contribution in [0.25, 0.3) is 0 Å². The van der Waals surface area contributed by atoms with Gasteiger partial charge in [0.15, 0.2) is 0 Å². The van der Waals surface area contributed by atoms with E-state index < -0.39 is 22.6 Å². The van der Waals surface area contributed by atoms with Crippen LogP contribution in [0.15, 0.2) is 42.5 Å². The first-order valence-electron chi connectivity index (χ1n) is 8.24. The fourth-order valence-corrected chi connectivity index (χ4v) is 2.15. The maximum absolute atomic E-state index is 11.8. The maximum atomic E-state index is 11.8. The minimum absolute atomic E-state index is 0.0366. The highest BCUT2D eigenvalue weighted by atomic mass is 16.6. The van der Waals surface area contributed by atoms with E-state index in [9.17, 15) is 19.7 Å². The lowest BCUT2D eigenvalue weighted by Gasteiger charge is -2.19. The van der Waals surface area contributed by atoms with Gasteiger partial charge in [-0.25, -0.2) is 9.59 Å². The van der Waals surface area contributed by atoms with Crippen LogP contribution < -0.4 is 10.1 Å². The highest BCUT2D eigenvalue weighted by Crippen LogP contribution is 2.32. The normalized spacial score (nSPS) is 10.7. The number of benzene rings is 2. The largest absolute Gasteiger partial charge is 0.465 e. The molecule has 2 rings (SSSR count). The number of nitro groups is 1. The molecule has 0 heterocycles. The molecule has 1 amide bonds. The van der Waals surface area contributed by atoms with Crippen molar-refractivity contribution in [3.8, 4) is 11.5 Å². The average molecular weight is 388 g/mol. The van der Waals surface area contributed by atoms with Crippen LogP contribution >= 0.6 is 0 Å². The Balaban J connectivity index is 2.14. The zero-order valence-electron chi connectivity index (χ0n) is 15.8. The third-order valence-corrected chi connectivity index (χ3v) is 3.30. The minimum Gasteiger partial charge on any atom is -0.465 e. The van der Waals surface area contributed by atoms with Crippen LogP contribution in [-0.4, -0.2) is 29.7 Å². The van der Waals surface area contributed by atoms with Gasteiger partial charge in [-0.2, -0.15) is 0 Å². The molecule has 0 aliphatic rings. The van der Waals surface area contributed by atoms with E-state index in [4.69, 9.17) is 9.47 Å². The molecule has 148 valence electrons. The summed E-state index contributed by atoms with van der Waals surface area (Å²) in [6.07, 6.45) is -0.602. The maximum Gasteiger partial charge on any atom is 0.412 e. The molecule has 2 aromatic carbocycles. The first kappa shape index (κ1) is 20.7. The first-order chi connectivity index (χ1) is 13.1. The molecule has 1 N–H and O–H groups in total. The van der Waals surface area contributed by atoms with Crippen molar-refractivity contribution in [1.29, 1.82) is 0 Å². The van der Waals surface area contributed by atoms with Crippen LogP contribution in [0, 0.1) is 10.1 Å². The molecule has 0 aliphatic heterocycles. The highest BCUT2D eigenvalue weighted by molar-refractivity contribution is 5.90. The molecule has 0 atom stereocenters. The molecule has 0 saturated heterocycles. The molecule has 28 heavy (non-hydrogen) atoms. The standard InChI is InChI=1S/C19H20N2O7/c1-19(2,3)28-18(23)20-13-6-8-14(9-7-13)27-16-10-5-12(17(22)26-4)11-15(16)21(24)25/h5-11H,1-4H3,(H,20,23). The van der Waals surface area contributed by atoms with Gasteiger partial charge in [-0.05, 0) is 57.2 Å². The summed E-state index contributed by atoms with van der Waals surface area (Å²) in [7, 11) is 1.19. The fraction of sp³-hybridized carbons (Fsp3) is 0.263. The van der Waals surface area contributed by atoms with Gasteiger partial charge in [-0.15, -0.1) is 0 Å². The summed E-state index contributed by atoms with van der Waals surface area (Å²) in [5.41, 5.74) is -0.489. The van der Waals surface area contributed by atoms with Crippen molar-refractivity contribution in [2.75, 3.05) is 12.4 Å². The average Bonchev–Trinajstić information content (AvgIpc) is 2.61. The number of ether oxygens (including phenoxy) is 3. The number of nitrogens with one attached hydrogen (secondary N) is 1. The van der Waals surface area contributed by atoms with E-state index in [1.165, 1.54) is 31.4 Å². The number of nitro benzene ring substituents is 1. The molecule has 0 spiro atoms. The van der Waals surface area contributed by atoms with Crippen LogP contribution in [0.5, 0.6) is 11.5 Å². The van der Waals surface area contributed by atoms with Gasteiger partial charge in [0.05, 0.1) is 17.6 Å². The Morgan fingerprint density at radius 1 is 1.07 bits per heavy atom. The summed E-state index contributed by atoms with van der Waals surface area (Å²) in [6, 6.07) is 9.96. The van der Waals surface area contributed by atoms with E-state index in [0.717, 1.165) is 6.07 Å². The number of rotatable bonds is 5. The Morgan fingerprint density at radius 2 is 1.71 bits per heavy atom. The molecular formula is C19H20N2O7. The van der Waals surface area contributed by atoms with Gasteiger partial charge in [-0.1, -0.05) is 0 Å². The summed E-state index contributed by atoms with van der Waals surface area (Å²) in [5, 5.41) is 13.8. The van der Waals surface area contributed by atoms with Crippen molar-refractivity contribution < 1.29 is 28.7 Å². The summed E-state index contributed by atoms with van der Waals surface area (Å²) in [6.45, 7) is 5.26. The van der Waals surface area contributed by atoms with Crippen LogP contribution in [0.3, 0.4) is 0 Å². The van der Waals surface area contributed by atoms with E-state index in [2.05, 4.69) is 10.1 Å². The van der Waals surface area contributed by atoms with Crippen LogP contribution in [-0.2, 0) is 9.47 Å². The van der Waals surface area contributed by atoms with Crippen molar-refractivity contribution in [3.05, 3.63) is 58.1 Å². The highest BCUT2D eigenvalue weighted by Gasteiger charge is 2.20. The number of hydrogen-bond donors (Lipinski definition) is 1. The van der Waals surface area contributed by atoms with E-state index >= 15 is 0 Å². The second-order valence-electron chi connectivity index (χ2n) is 6.68. The summed E-state index contributed by atoms with van der Waals surface area (Å²) in [5.74, 6) is -0.415. The van der Waals surface area contributed by atoms with Gasteiger partial charge < -0.3 is 14.2 Å². The number of esters is 1. The zero-order valence-corrected chi connectivity index (χ0v) is 15.8.